The molecule has 80 valence electrons. The molecule has 1 amide bonds. The summed E-state index contributed by atoms with van der Waals surface area (Å²) in [6.45, 7) is 2.63. The van der Waals surface area contributed by atoms with E-state index in [9.17, 15) is 4.79 Å². The molecule has 1 saturated carbocycles. The van der Waals surface area contributed by atoms with Crippen molar-refractivity contribution in [2.75, 3.05) is 5.32 Å². The minimum absolute atomic E-state index is 0.142. The lowest BCUT2D eigenvalue weighted by Gasteiger charge is -2.05. The lowest BCUT2D eigenvalue weighted by Crippen LogP contribution is -2.14. The predicted octanol–water partition coefficient (Wildman–Crippen LogP) is 1.74. The van der Waals surface area contributed by atoms with E-state index in [0.29, 0.717) is 12.5 Å². The Balaban J connectivity index is 1.95. The highest BCUT2D eigenvalue weighted by molar-refractivity contribution is 5.94. The van der Waals surface area contributed by atoms with Gasteiger partial charge in [-0.15, -0.1) is 0 Å². The van der Waals surface area contributed by atoms with Crippen molar-refractivity contribution in [3.05, 3.63) is 29.8 Å². The molecule has 0 aliphatic heterocycles. The third kappa shape index (κ3) is 2.36. The molecule has 0 bridgehead atoms. The molecule has 3 N–H and O–H groups in total. The fraction of sp³-hybridized carbons (Fsp3) is 0.417. The Labute approximate surface area is 89.7 Å². The van der Waals surface area contributed by atoms with E-state index in [2.05, 4.69) is 12.2 Å². The van der Waals surface area contributed by atoms with E-state index in [1.165, 1.54) is 0 Å². The molecule has 1 aromatic rings. The van der Waals surface area contributed by atoms with Gasteiger partial charge < -0.3 is 11.1 Å². The van der Waals surface area contributed by atoms with Gasteiger partial charge >= 0.3 is 0 Å². The number of carbonyl (C=O) groups excluding carboxylic acids is 1. The van der Waals surface area contributed by atoms with Crippen molar-refractivity contribution >= 4 is 11.6 Å². The molecule has 2 atom stereocenters. The van der Waals surface area contributed by atoms with Crippen LogP contribution < -0.4 is 11.1 Å². The van der Waals surface area contributed by atoms with Crippen LogP contribution in [0.1, 0.15) is 18.9 Å². The van der Waals surface area contributed by atoms with E-state index in [-0.39, 0.29) is 11.8 Å². The van der Waals surface area contributed by atoms with Gasteiger partial charge in [-0.25, -0.2) is 0 Å². The van der Waals surface area contributed by atoms with Crippen LogP contribution in [0, 0.1) is 11.8 Å². The average molecular weight is 204 g/mol. The van der Waals surface area contributed by atoms with Crippen molar-refractivity contribution < 1.29 is 4.79 Å². The Morgan fingerprint density at radius 1 is 1.47 bits per heavy atom. The number of anilines is 1. The maximum Gasteiger partial charge on any atom is 0.227 e. The zero-order valence-electron chi connectivity index (χ0n) is 8.86. The van der Waals surface area contributed by atoms with Crippen molar-refractivity contribution in [1.29, 1.82) is 0 Å². The summed E-state index contributed by atoms with van der Waals surface area (Å²) in [5.41, 5.74) is 7.42. The molecule has 1 aliphatic rings. The summed E-state index contributed by atoms with van der Waals surface area (Å²) in [4.78, 5) is 11.6. The molecule has 2 rings (SSSR count). The van der Waals surface area contributed by atoms with E-state index < -0.39 is 0 Å². The molecule has 0 radical (unpaired) electrons. The first-order chi connectivity index (χ1) is 7.20. The number of amides is 1. The van der Waals surface area contributed by atoms with Gasteiger partial charge in [-0.05, 0) is 30.0 Å². The maximum absolute atomic E-state index is 11.6. The Hall–Kier alpha value is -1.35. The number of nitrogens with one attached hydrogen (secondary N) is 1. The Morgan fingerprint density at radius 3 is 2.53 bits per heavy atom. The van der Waals surface area contributed by atoms with Gasteiger partial charge in [-0.2, -0.15) is 0 Å². The van der Waals surface area contributed by atoms with Crippen molar-refractivity contribution in [2.45, 2.75) is 19.9 Å². The first-order valence-corrected chi connectivity index (χ1v) is 5.30. The fourth-order valence-electron chi connectivity index (χ4n) is 1.65. The zero-order valence-corrected chi connectivity index (χ0v) is 8.86. The number of hydrogen-bond donors (Lipinski definition) is 2. The quantitative estimate of drug-likeness (QED) is 0.788. The molecule has 0 spiro atoms. The van der Waals surface area contributed by atoms with Gasteiger partial charge in [-0.1, -0.05) is 19.1 Å². The minimum Gasteiger partial charge on any atom is -0.326 e. The second kappa shape index (κ2) is 4.03. The molecule has 3 nitrogen and oxygen atoms in total. The van der Waals surface area contributed by atoms with Gasteiger partial charge in [0.2, 0.25) is 5.91 Å². The van der Waals surface area contributed by atoms with Crippen LogP contribution in [-0.2, 0) is 11.3 Å². The largest absolute Gasteiger partial charge is 0.326 e. The van der Waals surface area contributed by atoms with Gasteiger partial charge in [0.25, 0.3) is 0 Å². The predicted molar refractivity (Wildman–Crippen MR) is 60.2 cm³/mol. The second-order valence-electron chi connectivity index (χ2n) is 4.21. The number of nitrogens with two attached hydrogens (primary N) is 1. The van der Waals surface area contributed by atoms with Gasteiger partial charge in [0.05, 0.1) is 0 Å². The van der Waals surface area contributed by atoms with E-state index in [1.54, 1.807) is 0 Å². The number of hydrogen-bond acceptors (Lipinski definition) is 2. The zero-order chi connectivity index (χ0) is 10.8. The Morgan fingerprint density at radius 2 is 2.07 bits per heavy atom. The van der Waals surface area contributed by atoms with Gasteiger partial charge in [0.1, 0.15) is 0 Å². The molecule has 1 fully saturated rings. The summed E-state index contributed by atoms with van der Waals surface area (Å²) in [5.74, 6) is 0.912. The Kier molecular flexibility index (Phi) is 2.73. The van der Waals surface area contributed by atoms with E-state index >= 15 is 0 Å². The summed E-state index contributed by atoms with van der Waals surface area (Å²) in [5, 5.41) is 2.91. The van der Waals surface area contributed by atoms with Gasteiger partial charge in [0, 0.05) is 18.2 Å². The van der Waals surface area contributed by atoms with Crippen LogP contribution in [0.4, 0.5) is 5.69 Å². The lowest BCUT2D eigenvalue weighted by atomic mass is 10.2. The normalized spacial score (nSPS) is 23.6. The molecular weight excluding hydrogens is 188 g/mol. The summed E-state index contributed by atoms with van der Waals surface area (Å²) in [6, 6.07) is 7.66. The monoisotopic (exact) mass is 204 g/mol. The highest BCUT2D eigenvalue weighted by atomic mass is 16.2. The number of carbonyl (C=O) groups is 1. The molecular formula is C12H16N2O. The van der Waals surface area contributed by atoms with Crippen molar-refractivity contribution in [3.8, 4) is 0 Å². The molecule has 0 saturated heterocycles. The first-order valence-electron chi connectivity index (χ1n) is 5.30. The number of rotatable bonds is 3. The maximum atomic E-state index is 11.6. The van der Waals surface area contributed by atoms with Gasteiger partial charge in [0.15, 0.2) is 0 Å². The van der Waals surface area contributed by atoms with Crippen molar-refractivity contribution in [3.63, 3.8) is 0 Å². The molecule has 15 heavy (non-hydrogen) atoms. The molecule has 1 aliphatic carbocycles. The third-order valence-corrected chi connectivity index (χ3v) is 2.90. The van der Waals surface area contributed by atoms with Gasteiger partial charge in [-0.3, -0.25) is 4.79 Å². The van der Waals surface area contributed by atoms with Crippen LogP contribution in [0.3, 0.4) is 0 Å². The third-order valence-electron chi connectivity index (χ3n) is 2.90. The fourth-order valence-corrected chi connectivity index (χ4v) is 1.65. The summed E-state index contributed by atoms with van der Waals surface area (Å²) >= 11 is 0. The van der Waals surface area contributed by atoms with Crippen LogP contribution in [0.2, 0.25) is 0 Å². The van der Waals surface area contributed by atoms with Crippen molar-refractivity contribution in [2.24, 2.45) is 17.6 Å². The molecule has 2 unspecified atom stereocenters. The summed E-state index contributed by atoms with van der Waals surface area (Å²) in [6.07, 6.45) is 1.02. The minimum atomic E-state index is 0.142. The van der Waals surface area contributed by atoms with E-state index in [0.717, 1.165) is 17.7 Å². The van der Waals surface area contributed by atoms with Crippen LogP contribution >= 0.6 is 0 Å². The topological polar surface area (TPSA) is 55.1 Å². The molecule has 1 aromatic carbocycles. The Bertz CT molecular complexity index is 358. The second-order valence-corrected chi connectivity index (χ2v) is 4.21. The van der Waals surface area contributed by atoms with Crippen LogP contribution in [-0.4, -0.2) is 5.91 Å². The summed E-state index contributed by atoms with van der Waals surface area (Å²) in [7, 11) is 0. The standard InChI is InChI=1S/C12H16N2O/c1-8-6-11(8)12(15)14-10-4-2-9(7-13)3-5-10/h2-5,8,11H,6-7,13H2,1H3,(H,14,15). The van der Waals surface area contributed by atoms with Crippen LogP contribution in [0.25, 0.3) is 0 Å². The smallest absolute Gasteiger partial charge is 0.227 e. The first kappa shape index (κ1) is 10.2. The highest BCUT2D eigenvalue weighted by Crippen LogP contribution is 2.38. The molecule has 0 aromatic heterocycles. The SMILES string of the molecule is CC1CC1C(=O)Nc1ccc(CN)cc1. The average Bonchev–Trinajstić information content (AvgIpc) is 2.97. The van der Waals surface area contributed by atoms with Crippen molar-refractivity contribution in [1.82, 2.24) is 0 Å². The van der Waals surface area contributed by atoms with E-state index in [1.807, 2.05) is 24.3 Å². The lowest BCUT2D eigenvalue weighted by molar-refractivity contribution is -0.117. The van der Waals surface area contributed by atoms with Crippen LogP contribution in [0.15, 0.2) is 24.3 Å². The van der Waals surface area contributed by atoms with Crippen LogP contribution in [0.5, 0.6) is 0 Å². The highest BCUT2D eigenvalue weighted by Gasteiger charge is 2.38. The number of benzene rings is 1. The molecule has 0 heterocycles. The summed E-state index contributed by atoms with van der Waals surface area (Å²) < 4.78 is 0. The molecule has 3 heteroatoms. The van der Waals surface area contributed by atoms with E-state index in [4.69, 9.17) is 5.73 Å².